The van der Waals surface area contributed by atoms with Crippen molar-refractivity contribution in [2.24, 2.45) is 0 Å². The zero-order valence-corrected chi connectivity index (χ0v) is 15.7. The maximum Gasteiger partial charge on any atom is 0.141 e. The van der Waals surface area contributed by atoms with Crippen LogP contribution in [0.15, 0.2) is 66.7 Å². The molecule has 132 valence electrons. The first kappa shape index (κ1) is 16.7. The Morgan fingerprint density at radius 2 is 1.23 bits per heavy atom. The Hall–Kier alpha value is -2.78. The lowest BCUT2D eigenvalue weighted by molar-refractivity contribution is 0.131. The van der Waals surface area contributed by atoms with Crippen molar-refractivity contribution in [3.05, 3.63) is 83.4 Å². The van der Waals surface area contributed by atoms with Gasteiger partial charge in [-0.3, -0.25) is 0 Å². The Balaban J connectivity index is 1.96. The Labute approximate surface area is 155 Å². The van der Waals surface area contributed by atoms with Gasteiger partial charge in [-0.15, -0.1) is 0 Å². The fourth-order valence-electron chi connectivity index (χ4n) is 3.83. The van der Waals surface area contributed by atoms with Gasteiger partial charge in [-0.2, -0.15) is 0 Å². The molecule has 0 heterocycles. The molecule has 0 aliphatic heterocycles. The number of benzene rings is 3. The maximum atomic E-state index is 12.0. The molecular weight excluding hydrogens is 320 g/mol. The van der Waals surface area contributed by atoms with E-state index in [4.69, 9.17) is 0 Å². The number of hydrogen-bond donors (Lipinski definition) is 1. The quantitative estimate of drug-likeness (QED) is 0.775. The van der Waals surface area contributed by atoms with Crippen molar-refractivity contribution in [1.29, 1.82) is 0 Å². The predicted octanol–water partition coefficient (Wildman–Crippen LogP) is 4.08. The highest BCUT2D eigenvalue weighted by atomic mass is 16.3. The van der Waals surface area contributed by atoms with E-state index in [0.717, 1.165) is 39.2 Å². The van der Waals surface area contributed by atoms with Crippen molar-refractivity contribution in [2.45, 2.75) is 5.60 Å². The number of hydrogen-bond acceptors (Lipinski definition) is 3. The third-order valence-electron chi connectivity index (χ3n) is 5.32. The van der Waals surface area contributed by atoms with Crippen LogP contribution in [0.2, 0.25) is 0 Å². The fourth-order valence-corrected chi connectivity index (χ4v) is 3.83. The van der Waals surface area contributed by atoms with E-state index in [1.807, 2.05) is 58.5 Å². The highest BCUT2D eigenvalue weighted by Gasteiger charge is 2.43. The predicted molar refractivity (Wildman–Crippen MR) is 109 cm³/mol. The van der Waals surface area contributed by atoms with Crippen molar-refractivity contribution in [3.63, 3.8) is 0 Å². The smallest absolute Gasteiger partial charge is 0.141 e. The van der Waals surface area contributed by atoms with Crippen LogP contribution in [-0.4, -0.2) is 33.3 Å². The third-order valence-corrected chi connectivity index (χ3v) is 5.32. The molecule has 1 N–H and O–H groups in total. The fraction of sp³-hybridized carbons (Fsp3) is 0.217. The number of fused-ring (bicyclic) bond motifs is 3. The van der Waals surface area contributed by atoms with Crippen LogP contribution in [0.25, 0.3) is 11.1 Å². The summed E-state index contributed by atoms with van der Waals surface area (Å²) in [5.74, 6) is 0. The molecule has 0 aromatic heterocycles. The van der Waals surface area contributed by atoms with E-state index in [0.29, 0.717) is 0 Å². The van der Waals surface area contributed by atoms with E-state index < -0.39 is 5.60 Å². The molecule has 1 aliphatic rings. The van der Waals surface area contributed by atoms with Crippen LogP contribution in [0.3, 0.4) is 0 Å². The number of aliphatic hydroxyl groups is 1. The summed E-state index contributed by atoms with van der Waals surface area (Å²) in [7, 11) is 8.09. The first-order valence-corrected chi connectivity index (χ1v) is 8.85. The molecule has 3 aromatic carbocycles. The van der Waals surface area contributed by atoms with Gasteiger partial charge in [0.05, 0.1) is 0 Å². The highest BCUT2D eigenvalue weighted by molar-refractivity contribution is 5.84. The van der Waals surface area contributed by atoms with Crippen LogP contribution in [0.1, 0.15) is 16.7 Å². The number of anilines is 2. The summed E-state index contributed by atoms with van der Waals surface area (Å²) < 4.78 is 0. The van der Waals surface area contributed by atoms with Gasteiger partial charge in [0, 0.05) is 50.7 Å². The lowest BCUT2D eigenvalue weighted by atomic mass is 9.84. The number of rotatable bonds is 3. The first-order chi connectivity index (χ1) is 12.4. The normalized spacial score (nSPS) is 17.6. The Kier molecular flexibility index (Phi) is 3.78. The van der Waals surface area contributed by atoms with E-state index >= 15 is 0 Å². The van der Waals surface area contributed by atoms with Gasteiger partial charge in [-0.1, -0.05) is 42.5 Å². The van der Waals surface area contributed by atoms with E-state index in [2.05, 4.69) is 46.2 Å². The number of nitrogens with zero attached hydrogens (tertiary/aromatic N) is 2. The lowest BCUT2D eigenvalue weighted by Gasteiger charge is -2.28. The standard InChI is InChI=1S/C23H24N2O/c1-24(2)17-11-9-16(10-12-17)23(26)21-8-6-5-7-19(21)20-14-13-18(25(3)4)15-22(20)23/h5-15,26H,1-4H3. The maximum absolute atomic E-state index is 12.0. The minimum absolute atomic E-state index is 0.894. The zero-order valence-electron chi connectivity index (χ0n) is 15.7. The van der Waals surface area contributed by atoms with Crippen LogP contribution in [0.5, 0.6) is 0 Å². The van der Waals surface area contributed by atoms with Gasteiger partial charge in [-0.05, 0) is 41.0 Å². The van der Waals surface area contributed by atoms with Gasteiger partial charge in [0.2, 0.25) is 0 Å². The minimum atomic E-state index is -1.14. The molecule has 0 fully saturated rings. The average Bonchev–Trinajstić information content (AvgIpc) is 2.92. The largest absolute Gasteiger partial charge is 0.378 e. The van der Waals surface area contributed by atoms with Crippen molar-refractivity contribution >= 4 is 11.4 Å². The second-order valence-electron chi connectivity index (χ2n) is 7.32. The molecule has 0 saturated carbocycles. The molecule has 3 nitrogen and oxygen atoms in total. The van der Waals surface area contributed by atoms with Gasteiger partial charge in [-0.25, -0.2) is 0 Å². The van der Waals surface area contributed by atoms with E-state index in [1.54, 1.807) is 0 Å². The summed E-state index contributed by atoms with van der Waals surface area (Å²) in [6.07, 6.45) is 0. The lowest BCUT2D eigenvalue weighted by Crippen LogP contribution is -2.26. The molecule has 26 heavy (non-hydrogen) atoms. The van der Waals surface area contributed by atoms with E-state index in [9.17, 15) is 5.11 Å². The van der Waals surface area contributed by atoms with Crippen LogP contribution in [0, 0.1) is 0 Å². The summed E-state index contributed by atoms with van der Waals surface area (Å²) in [4.78, 5) is 4.13. The molecular formula is C23H24N2O. The molecule has 1 unspecified atom stereocenters. The highest BCUT2D eigenvalue weighted by Crippen LogP contribution is 2.51. The molecule has 0 amide bonds. The summed E-state index contributed by atoms with van der Waals surface area (Å²) in [6.45, 7) is 0. The minimum Gasteiger partial charge on any atom is -0.378 e. The molecule has 0 bridgehead atoms. The van der Waals surface area contributed by atoms with Gasteiger partial charge >= 0.3 is 0 Å². The molecule has 1 aliphatic carbocycles. The third kappa shape index (κ3) is 2.31. The Morgan fingerprint density at radius 1 is 0.654 bits per heavy atom. The molecule has 1 atom stereocenters. The summed E-state index contributed by atoms with van der Waals surface area (Å²) >= 11 is 0. The van der Waals surface area contributed by atoms with Crippen molar-refractivity contribution in [1.82, 2.24) is 0 Å². The van der Waals surface area contributed by atoms with Crippen LogP contribution in [-0.2, 0) is 5.60 Å². The van der Waals surface area contributed by atoms with Crippen LogP contribution in [0.4, 0.5) is 11.4 Å². The first-order valence-electron chi connectivity index (χ1n) is 8.85. The molecule has 0 radical (unpaired) electrons. The van der Waals surface area contributed by atoms with Gasteiger partial charge in [0.25, 0.3) is 0 Å². The molecule has 4 rings (SSSR count). The second kappa shape index (κ2) is 5.89. The van der Waals surface area contributed by atoms with Crippen molar-refractivity contribution < 1.29 is 5.11 Å². The molecule has 3 aromatic rings. The topological polar surface area (TPSA) is 26.7 Å². The monoisotopic (exact) mass is 344 g/mol. The summed E-state index contributed by atoms with van der Waals surface area (Å²) in [5, 5.41) is 12.0. The summed E-state index contributed by atoms with van der Waals surface area (Å²) in [5.41, 5.74) is 6.06. The van der Waals surface area contributed by atoms with Crippen LogP contribution < -0.4 is 9.80 Å². The molecule has 0 saturated heterocycles. The van der Waals surface area contributed by atoms with Gasteiger partial charge in [0.15, 0.2) is 0 Å². The van der Waals surface area contributed by atoms with Crippen molar-refractivity contribution in [2.75, 3.05) is 38.0 Å². The summed E-state index contributed by atoms with van der Waals surface area (Å²) in [6, 6.07) is 22.7. The molecule has 3 heteroatoms. The van der Waals surface area contributed by atoms with E-state index in [1.165, 1.54) is 0 Å². The average molecular weight is 344 g/mol. The zero-order chi connectivity index (χ0) is 18.5. The van der Waals surface area contributed by atoms with Gasteiger partial charge < -0.3 is 14.9 Å². The SMILES string of the molecule is CN(C)c1ccc(C2(O)c3ccccc3-c3ccc(N(C)C)cc32)cc1. The van der Waals surface area contributed by atoms with E-state index in [-0.39, 0.29) is 0 Å². The molecule has 0 spiro atoms. The Morgan fingerprint density at radius 3 is 1.88 bits per heavy atom. The van der Waals surface area contributed by atoms with Crippen LogP contribution >= 0.6 is 0 Å². The Bertz CT molecular complexity index is 960. The van der Waals surface area contributed by atoms with Crippen molar-refractivity contribution in [3.8, 4) is 11.1 Å². The second-order valence-corrected chi connectivity index (χ2v) is 7.32. The van der Waals surface area contributed by atoms with Gasteiger partial charge in [0.1, 0.15) is 5.60 Å².